The second-order valence-corrected chi connectivity index (χ2v) is 8.79. The van der Waals surface area contributed by atoms with E-state index >= 15 is 0 Å². The Hall–Kier alpha value is -2.21. The molecule has 130 valence electrons. The number of nitrogens with zero attached hydrogens (tertiary/aromatic N) is 1. The minimum atomic E-state index is -3.06. The summed E-state index contributed by atoms with van der Waals surface area (Å²) in [6.45, 7) is 0. The molecule has 0 bridgehead atoms. The molecule has 0 fully saturated rings. The number of rotatable bonds is 2. The van der Waals surface area contributed by atoms with Gasteiger partial charge in [-0.05, 0) is 47.4 Å². The molecule has 0 unspecified atom stereocenters. The Morgan fingerprint density at radius 3 is 2.52 bits per heavy atom. The molecule has 2 heterocycles. The van der Waals surface area contributed by atoms with Crippen LogP contribution in [0, 0.1) is 11.6 Å². The van der Waals surface area contributed by atoms with Gasteiger partial charge in [0.25, 0.3) is 0 Å². The Balaban J connectivity index is 1.78. The smallest absolute Gasteiger partial charge is 0.159 e. The van der Waals surface area contributed by atoms with Gasteiger partial charge >= 0.3 is 0 Å². The van der Waals surface area contributed by atoms with Crippen molar-refractivity contribution in [1.29, 1.82) is 0 Å². The van der Waals surface area contributed by atoms with Crippen LogP contribution in [0.5, 0.6) is 0 Å². The van der Waals surface area contributed by atoms with Crippen molar-refractivity contribution in [3.05, 3.63) is 70.4 Å². The number of sulfone groups is 1. The largest absolute Gasteiger partial charge is 0.347 e. The molecule has 6 heteroatoms. The molecular weight excluding hydrogens is 344 g/mol. The number of hydrogen-bond donors (Lipinski definition) is 0. The number of aryl methyl sites for hydroxylation is 1. The molecule has 25 heavy (non-hydrogen) atoms. The van der Waals surface area contributed by atoms with Crippen LogP contribution in [0.4, 0.5) is 8.78 Å². The molecule has 0 atom stereocenters. The maximum Gasteiger partial charge on any atom is 0.159 e. The molecule has 0 saturated carbocycles. The standard InChI is InChI=1S/C19H17F2NO2S/c1-22-18-5-3-12(8-13-2-4-16(20)17(21)10-13)9-14(18)15-11-25(23,24)7-6-19(15)22/h2-5,9-10H,6-8,11H2,1H3. The molecule has 3 nitrogen and oxygen atoms in total. The summed E-state index contributed by atoms with van der Waals surface area (Å²) in [7, 11) is -1.11. The number of benzene rings is 2. The van der Waals surface area contributed by atoms with Crippen molar-refractivity contribution >= 4 is 20.7 Å². The maximum absolute atomic E-state index is 13.4. The van der Waals surface area contributed by atoms with E-state index in [-0.39, 0.29) is 11.5 Å². The van der Waals surface area contributed by atoms with E-state index in [2.05, 4.69) is 4.57 Å². The van der Waals surface area contributed by atoms with E-state index in [1.165, 1.54) is 6.07 Å². The molecule has 4 rings (SSSR count). The van der Waals surface area contributed by atoms with Crippen molar-refractivity contribution in [3.8, 4) is 0 Å². The highest BCUT2D eigenvalue weighted by Gasteiger charge is 2.26. The van der Waals surface area contributed by atoms with Crippen molar-refractivity contribution < 1.29 is 17.2 Å². The zero-order valence-electron chi connectivity index (χ0n) is 13.7. The van der Waals surface area contributed by atoms with E-state index in [1.54, 1.807) is 6.07 Å². The first-order valence-electron chi connectivity index (χ1n) is 8.07. The lowest BCUT2D eigenvalue weighted by Gasteiger charge is -2.14. The first-order valence-corrected chi connectivity index (χ1v) is 9.89. The van der Waals surface area contributed by atoms with Gasteiger partial charge < -0.3 is 4.57 Å². The van der Waals surface area contributed by atoms with Crippen LogP contribution in [0.2, 0.25) is 0 Å². The number of fused-ring (bicyclic) bond motifs is 3. The quantitative estimate of drug-likeness (QED) is 0.701. The third kappa shape index (κ3) is 2.84. The number of halogens is 2. The molecule has 0 saturated heterocycles. The van der Waals surface area contributed by atoms with Gasteiger partial charge in [0.05, 0.1) is 11.5 Å². The highest BCUT2D eigenvalue weighted by atomic mass is 32.2. The summed E-state index contributed by atoms with van der Waals surface area (Å²) in [4.78, 5) is 0. The summed E-state index contributed by atoms with van der Waals surface area (Å²) in [6.07, 6.45) is 0.991. The zero-order chi connectivity index (χ0) is 17.8. The summed E-state index contributed by atoms with van der Waals surface area (Å²) in [5.41, 5.74) is 4.55. The van der Waals surface area contributed by atoms with Crippen molar-refractivity contribution in [1.82, 2.24) is 4.57 Å². The monoisotopic (exact) mass is 361 g/mol. The molecule has 0 amide bonds. The lowest BCUT2D eigenvalue weighted by Crippen LogP contribution is -2.19. The second kappa shape index (κ2) is 5.66. The fourth-order valence-corrected chi connectivity index (χ4v) is 5.05. The van der Waals surface area contributed by atoms with Crippen molar-refractivity contribution in [3.63, 3.8) is 0 Å². The lowest BCUT2D eigenvalue weighted by atomic mass is 10.0. The number of aromatic nitrogens is 1. The van der Waals surface area contributed by atoms with Gasteiger partial charge in [0.15, 0.2) is 21.5 Å². The Labute approximate surface area is 144 Å². The second-order valence-electron chi connectivity index (χ2n) is 6.60. The maximum atomic E-state index is 13.4. The van der Waals surface area contributed by atoms with Crippen LogP contribution in [0.1, 0.15) is 22.4 Å². The predicted octanol–water partition coefficient (Wildman–Crippen LogP) is 3.52. The van der Waals surface area contributed by atoms with Gasteiger partial charge in [0.2, 0.25) is 0 Å². The van der Waals surface area contributed by atoms with Crippen LogP contribution >= 0.6 is 0 Å². The average Bonchev–Trinajstić information content (AvgIpc) is 2.82. The fourth-order valence-electron chi connectivity index (χ4n) is 3.64. The zero-order valence-corrected chi connectivity index (χ0v) is 14.5. The molecule has 1 aliphatic heterocycles. The first-order chi connectivity index (χ1) is 11.8. The summed E-state index contributed by atoms with van der Waals surface area (Å²) < 4.78 is 52.6. The normalized spacial score (nSPS) is 16.1. The fraction of sp³-hybridized carbons (Fsp3) is 0.263. The van der Waals surface area contributed by atoms with Crippen LogP contribution in [0.25, 0.3) is 10.9 Å². The minimum absolute atomic E-state index is 0.0638. The Morgan fingerprint density at radius 2 is 1.76 bits per heavy atom. The van der Waals surface area contributed by atoms with E-state index in [0.29, 0.717) is 18.4 Å². The van der Waals surface area contributed by atoms with E-state index in [9.17, 15) is 17.2 Å². The van der Waals surface area contributed by atoms with Crippen molar-refractivity contribution in [2.75, 3.05) is 5.75 Å². The van der Waals surface area contributed by atoms with Crippen LogP contribution < -0.4 is 0 Å². The molecule has 2 aromatic carbocycles. The summed E-state index contributed by atoms with van der Waals surface area (Å²) in [6, 6.07) is 9.77. The molecule has 1 aromatic heterocycles. The van der Waals surface area contributed by atoms with Crippen LogP contribution in [0.15, 0.2) is 36.4 Å². The summed E-state index contributed by atoms with van der Waals surface area (Å²) >= 11 is 0. The van der Waals surface area contributed by atoms with Crippen LogP contribution in [-0.4, -0.2) is 18.7 Å². The van der Waals surface area contributed by atoms with Gasteiger partial charge in [-0.2, -0.15) is 0 Å². The number of hydrogen-bond acceptors (Lipinski definition) is 2. The topological polar surface area (TPSA) is 39.1 Å². The third-order valence-corrected chi connectivity index (χ3v) is 6.46. The van der Waals surface area contributed by atoms with Crippen molar-refractivity contribution in [2.45, 2.75) is 18.6 Å². The van der Waals surface area contributed by atoms with Gasteiger partial charge in [-0.3, -0.25) is 0 Å². The summed E-state index contributed by atoms with van der Waals surface area (Å²) in [5.74, 6) is -1.47. The third-order valence-electron chi connectivity index (χ3n) is 4.91. The van der Waals surface area contributed by atoms with E-state index in [4.69, 9.17) is 0 Å². The SMILES string of the molecule is Cn1c2c(c3cc(Cc4ccc(F)c(F)c4)ccc31)CS(=O)(=O)CC2. The first kappa shape index (κ1) is 16.3. The van der Waals surface area contributed by atoms with Crippen LogP contribution in [-0.2, 0) is 35.5 Å². The highest BCUT2D eigenvalue weighted by molar-refractivity contribution is 7.90. The molecule has 0 N–H and O–H groups in total. The Bertz CT molecular complexity index is 1100. The van der Waals surface area contributed by atoms with E-state index < -0.39 is 21.5 Å². The van der Waals surface area contributed by atoms with Gasteiger partial charge in [-0.1, -0.05) is 12.1 Å². The van der Waals surface area contributed by atoms with E-state index in [0.717, 1.165) is 33.8 Å². The molecular formula is C19H17F2NO2S. The lowest BCUT2D eigenvalue weighted by molar-refractivity contribution is 0.507. The van der Waals surface area contributed by atoms with Crippen molar-refractivity contribution in [2.24, 2.45) is 7.05 Å². The van der Waals surface area contributed by atoms with Gasteiger partial charge in [-0.15, -0.1) is 0 Å². The molecule has 0 spiro atoms. The average molecular weight is 361 g/mol. The van der Waals surface area contributed by atoms with Crippen LogP contribution in [0.3, 0.4) is 0 Å². The Kier molecular flexibility index (Phi) is 3.68. The molecule has 0 aliphatic carbocycles. The molecule has 3 aromatic rings. The van der Waals surface area contributed by atoms with Gasteiger partial charge in [-0.25, -0.2) is 17.2 Å². The van der Waals surface area contributed by atoms with E-state index in [1.807, 2.05) is 25.2 Å². The summed E-state index contributed by atoms with van der Waals surface area (Å²) in [5, 5.41) is 0.931. The predicted molar refractivity (Wildman–Crippen MR) is 93.3 cm³/mol. The molecule has 0 radical (unpaired) electrons. The van der Waals surface area contributed by atoms with Gasteiger partial charge in [0.1, 0.15) is 0 Å². The Morgan fingerprint density at radius 1 is 1.04 bits per heavy atom. The van der Waals surface area contributed by atoms with Gasteiger partial charge in [0, 0.05) is 30.1 Å². The highest BCUT2D eigenvalue weighted by Crippen LogP contribution is 2.32. The molecule has 1 aliphatic rings. The minimum Gasteiger partial charge on any atom is -0.347 e.